The molecule has 0 amide bonds. The Hall–Kier alpha value is -3.26. The summed E-state index contributed by atoms with van der Waals surface area (Å²) in [6.45, 7) is 1.72. The molecule has 2 heterocycles. The molecule has 5 rings (SSSR count). The minimum Gasteiger partial charge on any atom is -0.502 e. The molecule has 4 unspecified atom stereocenters. The number of carbonyl (C=O) groups excluding carboxylic acids is 1. The number of carbonyl (C=O) groups is 1. The highest BCUT2D eigenvalue weighted by atomic mass is 32.2. The lowest BCUT2D eigenvalue weighted by atomic mass is 9.65. The van der Waals surface area contributed by atoms with Crippen molar-refractivity contribution in [3.05, 3.63) is 41.0 Å². The summed E-state index contributed by atoms with van der Waals surface area (Å²) in [6, 6.07) is 6.15. The van der Waals surface area contributed by atoms with Gasteiger partial charge in [0.25, 0.3) is 0 Å². The number of methoxy groups -OCH3 is 2. The van der Waals surface area contributed by atoms with Crippen LogP contribution in [0.3, 0.4) is 0 Å². The molecule has 0 radical (unpaired) electrons. The standard InChI is InChI=1S/C28H37N3O9S/c1-36-22-10-16(11-23(37-2)27(22)32)24-17-12-20-21(40-15-39-20)13-18(17)26(19-14-38-28(33)25(19)24)31-41(34,35)9-8-30-7-5-3-4-6-29/h10-13,19,24-26,30-32H,3-9,14-15,29H2,1-2H3. The third-order valence-electron chi connectivity index (χ3n) is 7.96. The van der Waals surface area contributed by atoms with Crippen LogP contribution < -0.4 is 34.7 Å². The highest BCUT2D eigenvalue weighted by Gasteiger charge is 2.53. The van der Waals surface area contributed by atoms with Crippen molar-refractivity contribution < 1.29 is 42.0 Å². The van der Waals surface area contributed by atoms with E-state index in [0.717, 1.165) is 19.3 Å². The van der Waals surface area contributed by atoms with E-state index in [0.29, 0.717) is 41.3 Å². The summed E-state index contributed by atoms with van der Waals surface area (Å²) in [5.74, 6) is -1.12. The van der Waals surface area contributed by atoms with Gasteiger partial charge in [-0.15, -0.1) is 0 Å². The van der Waals surface area contributed by atoms with Crippen molar-refractivity contribution in [1.29, 1.82) is 0 Å². The largest absolute Gasteiger partial charge is 0.502 e. The third kappa shape index (κ3) is 5.89. The van der Waals surface area contributed by atoms with E-state index in [2.05, 4.69) is 10.0 Å². The molecule has 2 aromatic rings. The van der Waals surface area contributed by atoms with Gasteiger partial charge >= 0.3 is 5.97 Å². The van der Waals surface area contributed by atoms with Crippen molar-refractivity contribution in [1.82, 2.24) is 10.0 Å². The van der Waals surface area contributed by atoms with E-state index in [1.165, 1.54) is 14.2 Å². The fourth-order valence-corrected chi connectivity index (χ4v) is 7.18. The fraction of sp³-hybridized carbons (Fsp3) is 0.536. The van der Waals surface area contributed by atoms with Crippen LogP contribution in [-0.2, 0) is 19.6 Å². The van der Waals surface area contributed by atoms with E-state index >= 15 is 0 Å². The van der Waals surface area contributed by atoms with Gasteiger partial charge in [-0.1, -0.05) is 6.42 Å². The van der Waals surface area contributed by atoms with Gasteiger partial charge in [-0.05, 0) is 66.9 Å². The van der Waals surface area contributed by atoms with Crippen molar-refractivity contribution in [2.75, 3.05) is 53.0 Å². The molecule has 0 bridgehead atoms. The maximum absolute atomic E-state index is 13.3. The highest BCUT2D eigenvalue weighted by molar-refractivity contribution is 7.89. The Morgan fingerprint density at radius 3 is 2.32 bits per heavy atom. The average Bonchev–Trinajstić information content (AvgIpc) is 3.58. The Kier molecular flexibility index (Phi) is 8.78. The smallest absolute Gasteiger partial charge is 0.310 e. The summed E-state index contributed by atoms with van der Waals surface area (Å²) in [7, 11) is -0.889. The summed E-state index contributed by atoms with van der Waals surface area (Å²) in [4.78, 5) is 13.3. The van der Waals surface area contributed by atoms with Gasteiger partial charge in [0.15, 0.2) is 23.0 Å². The lowest BCUT2D eigenvalue weighted by Gasteiger charge is -2.39. The van der Waals surface area contributed by atoms with Crippen molar-refractivity contribution in [2.24, 2.45) is 17.6 Å². The number of unbranched alkanes of at least 4 members (excludes halogenated alkanes) is 2. The van der Waals surface area contributed by atoms with Crippen LogP contribution in [0.4, 0.5) is 0 Å². The van der Waals surface area contributed by atoms with Crippen LogP contribution in [0.25, 0.3) is 0 Å². The van der Waals surface area contributed by atoms with Gasteiger partial charge in [-0.25, -0.2) is 13.1 Å². The van der Waals surface area contributed by atoms with Crippen LogP contribution in [0.5, 0.6) is 28.7 Å². The SMILES string of the molecule is COc1cc(C2c3cc4c(cc3C(NS(=O)(=O)CCNCCCCCN)C3COC(=O)C23)OCO4)cc(OC)c1O. The number of nitrogens with one attached hydrogen (secondary N) is 2. The summed E-state index contributed by atoms with van der Waals surface area (Å²) in [5.41, 5.74) is 7.53. The molecule has 13 heteroatoms. The Bertz CT molecular complexity index is 1360. The molecule has 3 aliphatic rings. The lowest BCUT2D eigenvalue weighted by Crippen LogP contribution is -2.44. The van der Waals surface area contributed by atoms with Crippen molar-refractivity contribution >= 4 is 16.0 Å². The minimum atomic E-state index is -3.75. The van der Waals surface area contributed by atoms with E-state index in [-0.39, 0.29) is 42.9 Å². The number of hydrogen-bond donors (Lipinski definition) is 4. The lowest BCUT2D eigenvalue weighted by molar-refractivity contribution is -0.141. The van der Waals surface area contributed by atoms with Gasteiger partial charge in [-0.2, -0.15) is 0 Å². The molecule has 0 aromatic heterocycles. The monoisotopic (exact) mass is 591 g/mol. The molecular formula is C28H37N3O9S. The molecule has 0 saturated carbocycles. The second kappa shape index (κ2) is 12.3. The van der Waals surface area contributed by atoms with Crippen molar-refractivity contribution in [3.63, 3.8) is 0 Å². The van der Waals surface area contributed by atoms with Gasteiger partial charge in [0.05, 0.1) is 38.5 Å². The number of hydrogen-bond acceptors (Lipinski definition) is 11. The number of aromatic hydroxyl groups is 1. The first kappa shape index (κ1) is 29.2. The molecule has 224 valence electrons. The summed E-state index contributed by atoms with van der Waals surface area (Å²) in [5, 5.41) is 13.7. The van der Waals surface area contributed by atoms with Crippen LogP contribution in [0.2, 0.25) is 0 Å². The van der Waals surface area contributed by atoms with Gasteiger partial charge < -0.3 is 39.8 Å². The number of cyclic esters (lactones) is 1. The van der Waals surface area contributed by atoms with Gasteiger partial charge in [0.2, 0.25) is 22.6 Å². The number of sulfonamides is 1. The van der Waals surface area contributed by atoms with E-state index in [4.69, 9.17) is 29.4 Å². The summed E-state index contributed by atoms with van der Waals surface area (Å²) < 4.78 is 57.1. The number of nitrogens with two attached hydrogens (primary N) is 1. The quantitative estimate of drug-likeness (QED) is 0.198. The molecular weight excluding hydrogens is 554 g/mol. The van der Waals surface area contributed by atoms with Gasteiger partial charge in [0.1, 0.15) is 0 Å². The molecule has 41 heavy (non-hydrogen) atoms. The maximum atomic E-state index is 13.3. The normalized spacial score (nSPS) is 22.7. The minimum absolute atomic E-state index is 0.0337. The van der Waals surface area contributed by atoms with Crippen LogP contribution in [-0.4, -0.2) is 72.5 Å². The number of esters is 1. The van der Waals surface area contributed by atoms with Crippen molar-refractivity contribution in [2.45, 2.75) is 31.2 Å². The van der Waals surface area contributed by atoms with Gasteiger partial charge in [-0.3, -0.25) is 4.79 Å². The van der Waals surface area contributed by atoms with E-state index in [1.807, 2.05) is 0 Å². The van der Waals surface area contributed by atoms with E-state index < -0.39 is 39.8 Å². The Labute approximate surface area is 239 Å². The van der Waals surface area contributed by atoms with E-state index in [1.54, 1.807) is 24.3 Å². The van der Waals surface area contributed by atoms with Crippen LogP contribution in [0, 0.1) is 11.8 Å². The zero-order chi connectivity index (χ0) is 29.1. The molecule has 1 fully saturated rings. The molecule has 12 nitrogen and oxygen atoms in total. The molecule has 2 aromatic carbocycles. The zero-order valence-corrected chi connectivity index (χ0v) is 24.0. The molecule has 5 N–H and O–H groups in total. The molecule has 1 aliphatic carbocycles. The zero-order valence-electron chi connectivity index (χ0n) is 23.2. The van der Waals surface area contributed by atoms with E-state index in [9.17, 15) is 18.3 Å². The first-order valence-electron chi connectivity index (χ1n) is 13.7. The fourth-order valence-electron chi connectivity index (χ4n) is 5.96. The molecule has 4 atom stereocenters. The van der Waals surface area contributed by atoms with Crippen molar-refractivity contribution in [3.8, 4) is 28.7 Å². The van der Waals surface area contributed by atoms with Crippen LogP contribution in [0.15, 0.2) is 24.3 Å². The number of phenols is 1. The van der Waals surface area contributed by atoms with Crippen LogP contribution >= 0.6 is 0 Å². The Morgan fingerprint density at radius 1 is 0.976 bits per heavy atom. The second-order valence-corrected chi connectivity index (χ2v) is 12.3. The maximum Gasteiger partial charge on any atom is 0.310 e. The number of rotatable bonds is 13. The summed E-state index contributed by atoms with van der Waals surface area (Å²) in [6.07, 6.45) is 2.85. The van der Waals surface area contributed by atoms with Gasteiger partial charge in [0, 0.05) is 18.4 Å². The first-order valence-corrected chi connectivity index (χ1v) is 15.4. The topological polar surface area (TPSA) is 168 Å². The average molecular weight is 592 g/mol. The highest BCUT2D eigenvalue weighted by Crippen LogP contribution is 2.55. The predicted molar refractivity (Wildman–Crippen MR) is 149 cm³/mol. The molecule has 1 saturated heterocycles. The predicted octanol–water partition coefficient (Wildman–Crippen LogP) is 1.75. The second-order valence-electron chi connectivity index (χ2n) is 10.4. The molecule has 2 aliphatic heterocycles. The number of ether oxygens (including phenoxy) is 5. The number of benzene rings is 2. The first-order chi connectivity index (χ1) is 19.8. The third-order valence-corrected chi connectivity index (χ3v) is 9.31. The summed E-state index contributed by atoms with van der Waals surface area (Å²) >= 11 is 0. The Morgan fingerprint density at radius 2 is 1.66 bits per heavy atom. The number of fused-ring (bicyclic) bond motifs is 3. The molecule has 0 spiro atoms. The number of phenolic OH excluding ortho intramolecular Hbond substituents is 1. The Balaban J connectivity index is 1.50. The van der Waals surface area contributed by atoms with Crippen LogP contribution in [0.1, 0.15) is 47.9 Å².